The molecule has 0 saturated heterocycles. The van der Waals surface area contributed by atoms with Crippen LogP contribution >= 0.6 is 11.6 Å². The topological polar surface area (TPSA) is 72.2 Å². The Labute approximate surface area is 130 Å². The molecule has 0 atom stereocenters. The van der Waals surface area contributed by atoms with Crippen molar-refractivity contribution < 1.29 is 14.1 Å². The van der Waals surface area contributed by atoms with E-state index in [2.05, 4.69) is 5.32 Å². The Morgan fingerprint density at radius 1 is 1.23 bits per heavy atom. The van der Waals surface area contributed by atoms with Gasteiger partial charge in [-0.05, 0) is 29.8 Å². The van der Waals surface area contributed by atoms with Crippen LogP contribution in [0, 0.1) is 15.9 Å². The summed E-state index contributed by atoms with van der Waals surface area (Å²) < 4.78 is 12.7. The predicted octanol–water partition coefficient (Wildman–Crippen LogP) is 4.04. The summed E-state index contributed by atoms with van der Waals surface area (Å²) in [7, 11) is 0. The van der Waals surface area contributed by atoms with Crippen molar-refractivity contribution in [3.63, 3.8) is 0 Å². The van der Waals surface area contributed by atoms with Crippen molar-refractivity contribution in [1.82, 2.24) is 0 Å². The Bertz CT molecular complexity index is 745. The third-order valence-electron chi connectivity index (χ3n) is 2.72. The van der Waals surface area contributed by atoms with E-state index in [0.29, 0.717) is 5.56 Å². The largest absolute Gasteiger partial charge is 0.321 e. The zero-order valence-corrected chi connectivity index (χ0v) is 11.9. The van der Waals surface area contributed by atoms with Crippen LogP contribution in [-0.2, 0) is 4.79 Å². The number of hydrogen-bond donors (Lipinski definition) is 1. The summed E-state index contributed by atoms with van der Waals surface area (Å²) >= 11 is 5.88. The second kappa shape index (κ2) is 6.82. The predicted molar refractivity (Wildman–Crippen MR) is 82.2 cm³/mol. The molecule has 2 aromatic rings. The molecular formula is C15H10ClFN2O3. The number of carbonyl (C=O) groups excluding carboxylic acids is 1. The number of nitro groups is 1. The van der Waals surface area contributed by atoms with E-state index in [1.54, 1.807) is 0 Å². The van der Waals surface area contributed by atoms with Crippen LogP contribution in [0.15, 0.2) is 48.5 Å². The Kier molecular flexibility index (Phi) is 4.85. The minimum atomic E-state index is -0.583. The van der Waals surface area contributed by atoms with Crippen LogP contribution in [0.1, 0.15) is 5.56 Å². The molecule has 5 nitrogen and oxygen atoms in total. The molecule has 0 saturated carbocycles. The average molecular weight is 321 g/mol. The summed E-state index contributed by atoms with van der Waals surface area (Å²) in [4.78, 5) is 21.9. The smallest absolute Gasteiger partial charge is 0.271 e. The van der Waals surface area contributed by atoms with E-state index >= 15 is 0 Å². The first kappa shape index (κ1) is 15.7. The van der Waals surface area contributed by atoms with Crippen molar-refractivity contribution in [2.24, 2.45) is 0 Å². The molecule has 0 aromatic heterocycles. The molecule has 2 aromatic carbocycles. The highest BCUT2D eigenvalue weighted by molar-refractivity contribution is 6.34. The van der Waals surface area contributed by atoms with Gasteiger partial charge in [-0.25, -0.2) is 4.39 Å². The fraction of sp³-hybridized carbons (Fsp3) is 0. The number of nitrogens with zero attached hydrogens (tertiary/aromatic N) is 1. The molecule has 0 fully saturated rings. The third-order valence-corrected chi connectivity index (χ3v) is 3.05. The van der Waals surface area contributed by atoms with Gasteiger partial charge in [0.25, 0.3) is 5.69 Å². The summed E-state index contributed by atoms with van der Waals surface area (Å²) in [6, 6.07) is 9.32. The maximum absolute atomic E-state index is 12.7. The van der Waals surface area contributed by atoms with Gasteiger partial charge in [-0.1, -0.05) is 23.7 Å². The lowest BCUT2D eigenvalue weighted by atomic mass is 10.2. The summed E-state index contributed by atoms with van der Waals surface area (Å²) in [5, 5.41) is 13.3. The Balaban J connectivity index is 2.10. The monoisotopic (exact) mass is 320 g/mol. The van der Waals surface area contributed by atoms with Crippen LogP contribution in [-0.4, -0.2) is 10.8 Å². The Hall–Kier alpha value is -2.73. The van der Waals surface area contributed by atoms with Crippen molar-refractivity contribution in [2.45, 2.75) is 0 Å². The van der Waals surface area contributed by atoms with Crippen LogP contribution in [0.3, 0.4) is 0 Å². The van der Waals surface area contributed by atoms with Crippen LogP contribution in [0.2, 0.25) is 5.02 Å². The van der Waals surface area contributed by atoms with Crippen LogP contribution < -0.4 is 5.32 Å². The van der Waals surface area contributed by atoms with Crippen LogP contribution in [0.25, 0.3) is 6.08 Å². The van der Waals surface area contributed by atoms with Crippen molar-refractivity contribution >= 4 is 35.0 Å². The van der Waals surface area contributed by atoms with Gasteiger partial charge in [-0.15, -0.1) is 0 Å². The quantitative estimate of drug-likeness (QED) is 0.525. The molecule has 2 rings (SSSR count). The van der Waals surface area contributed by atoms with Gasteiger partial charge in [0, 0.05) is 18.2 Å². The maximum atomic E-state index is 12.7. The molecule has 0 aliphatic carbocycles. The first-order valence-electron chi connectivity index (χ1n) is 6.14. The summed E-state index contributed by atoms with van der Waals surface area (Å²) in [5.41, 5.74) is 0.605. The molecule has 0 aliphatic rings. The number of non-ortho nitro benzene ring substituents is 1. The number of hydrogen-bond acceptors (Lipinski definition) is 3. The van der Waals surface area contributed by atoms with Gasteiger partial charge in [0.1, 0.15) is 5.82 Å². The lowest BCUT2D eigenvalue weighted by molar-refractivity contribution is -0.384. The van der Waals surface area contributed by atoms with E-state index in [-0.39, 0.29) is 22.2 Å². The van der Waals surface area contributed by atoms with Crippen molar-refractivity contribution in [2.75, 3.05) is 5.32 Å². The second-order valence-electron chi connectivity index (χ2n) is 4.30. The van der Waals surface area contributed by atoms with E-state index in [1.807, 2.05) is 0 Å². The first-order chi connectivity index (χ1) is 10.5. The molecule has 7 heteroatoms. The minimum Gasteiger partial charge on any atom is -0.321 e. The summed E-state index contributed by atoms with van der Waals surface area (Å²) in [5.74, 6) is -0.878. The fourth-order valence-electron chi connectivity index (χ4n) is 1.64. The average Bonchev–Trinajstić information content (AvgIpc) is 2.48. The van der Waals surface area contributed by atoms with Gasteiger partial charge < -0.3 is 5.32 Å². The Morgan fingerprint density at radius 3 is 2.55 bits per heavy atom. The number of anilines is 1. The number of nitro benzene ring substituents is 1. The molecule has 0 aliphatic heterocycles. The number of carbonyl (C=O) groups is 1. The number of amides is 1. The molecule has 1 N–H and O–H groups in total. The zero-order valence-electron chi connectivity index (χ0n) is 11.1. The van der Waals surface area contributed by atoms with Gasteiger partial charge >= 0.3 is 0 Å². The minimum absolute atomic E-state index is 0.143. The number of rotatable bonds is 4. The van der Waals surface area contributed by atoms with Gasteiger partial charge in [0.15, 0.2) is 0 Å². The molecular weight excluding hydrogens is 311 g/mol. The van der Waals surface area contributed by atoms with E-state index < -0.39 is 10.8 Å². The fourth-order valence-corrected chi connectivity index (χ4v) is 1.81. The van der Waals surface area contributed by atoms with E-state index in [0.717, 1.165) is 0 Å². The molecule has 0 heterocycles. The molecule has 1 amide bonds. The van der Waals surface area contributed by atoms with Gasteiger partial charge in [0.2, 0.25) is 5.91 Å². The molecule has 0 unspecified atom stereocenters. The normalized spacial score (nSPS) is 10.6. The van der Waals surface area contributed by atoms with Crippen molar-refractivity contribution in [3.8, 4) is 0 Å². The maximum Gasteiger partial charge on any atom is 0.271 e. The lowest BCUT2D eigenvalue weighted by Crippen LogP contribution is -2.08. The van der Waals surface area contributed by atoms with E-state index in [1.165, 1.54) is 54.6 Å². The number of halogens is 2. The Morgan fingerprint density at radius 2 is 1.91 bits per heavy atom. The molecule has 22 heavy (non-hydrogen) atoms. The van der Waals surface area contributed by atoms with Crippen molar-refractivity contribution in [3.05, 3.63) is 75.1 Å². The number of nitrogens with one attached hydrogen (secondary N) is 1. The standard InChI is InChI=1S/C15H10ClFN2O3/c16-13-7-6-12(19(21)22)9-14(13)18-15(20)8-3-10-1-4-11(17)5-2-10/h1-9H,(H,18,20)/b8-3+. The molecule has 0 bridgehead atoms. The van der Waals surface area contributed by atoms with Crippen LogP contribution in [0.5, 0.6) is 0 Å². The third kappa shape index (κ3) is 4.13. The van der Waals surface area contributed by atoms with Gasteiger partial charge in [0.05, 0.1) is 15.6 Å². The summed E-state index contributed by atoms with van der Waals surface area (Å²) in [6.45, 7) is 0. The molecule has 112 valence electrons. The highest BCUT2D eigenvalue weighted by Crippen LogP contribution is 2.26. The number of benzene rings is 2. The lowest BCUT2D eigenvalue weighted by Gasteiger charge is -2.04. The van der Waals surface area contributed by atoms with Gasteiger partial charge in [-0.3, -0.25) is 14.9 Å². The highest BCUT2D eigenvalue weighted by Gasteiger charge is 2.10. The summed E-state index contributed by atoms with van der Waals surface area (Å²) in [6.07, 6.45) is 2.71. The van der Waals surface area contributed by atoms with Gasteiger partial charge in [-0.2, -0.15) is 0 Å². The zero-order chi connectivity index (χ0) is 16.1. The van der Waals surface area contributed by atoms with Crippen molar-refractivity contribution in [1.29, 1.82) is 0 Å². The highest BCUT2D eigenvalue weighted by atomic mass is 35.5. The van der Waals surface area contributed by atoms with E-state index in [4.69, 9.17) is 11.6 Å². The second-order valence-corrected chi connectivity index (χ2v) is 4.70. The van der Waals surface area contributed by atoms with Crippen LogP contribution in [0.4, 0.5) is 15.8 Å². The molecule has 0 radical (unpaired) electrons. The molecule has 0 spiro atoms. The first-order valence-corrected chi connectivity index (χ1v) is 6.52. The van der Waals surface area contributed by atoms with E-state index in [9.17, 15) is 19.3 Å². The SMILES string of the molecule is O=C(/C=C/c1ccc(F)cc1)Nc1cc([N+](=O)[O-])ccc1Cl.